The van der Waals surface area contributed by atoms with Crippen molar-refractivity contribution in [1.29, 1.82) is 0 Å². The Balaban J connectivity index is -0.000000626. The quantitative estimate of drug-likeness (QED) is 0.426. The first-order valence-electron chi connectivity index (χ1n) is 6.49. The van der Waals surface area contributed by atoms with Gasteiger partial charge in [-0.2, -0.15) is 0 Å². The van der Waals surface area contributed by atoms with E-state index in [4.69, 9.17) is 14.0 Å². The molecule has 1 aromatic rings. The van der Waals surface area contributed by atoms with E-state index in [1.54, 1.807) is 6.08 Å². The summed E-state index contributed by atoms with van der Waals surface area (Å²) in [5.74, 6) is 0.771. The minimum atomic E-state index is 0. The Morgan fingerprint density at radius 1 is 0.920 bits per heavy atom. The molecule has 0 unspecified atom stereocenters. The van der Waals surface area contributed by atoms with E-state index in [9.17, 15) is 4.79 Å². The van der Waals surface area contributed by atoms with Gasteiger partial charge in [0, 0.05) is 19.8 Å². The number of hydrogen-bond donors (Lipinski definition) is 0. The zero-order chi connectivity index (χ0) is 19.0. The summed E-state index contributed by atoms with van der Waals surface area (Å²) in [6.07, 6.45) is 10.8. The summed E-state index contributed by atoms with van der Waals surface area (Å²) in [4.78, 5) is 13.8. The number of nitrogens with zero attached hydrogens (tertiary/aromatic N) is 1. The fourth-order valence-electron chi connectivity index (χ4n) is 1.69. The second-order valence-corrected chi connectivity index (χ2v) is 4.36. The molecule has 6 heteroatoms. The summed E-state index contributed by atoms with van der Waals surface area (Å²) in [5, 5.41) is 0. The molecular weight excluding hydrogens is 405 g/mol. The molecule has 0 N–H and O–H groups in total. The van der Waals surface area contributed by atoms with E-state index in [1.165, 1.54) is 0 Å². The molecule has 121 valence electrons. The van der Waals surface area contributed by atoms with Gasteiger partial charge < -0.3 is 4.90 Å². The Bertz CT molecular complexity index is 539. The van der Waals surface area contributed by atoms with Gasteiger partial charge in [0.05, 0.1) is 5.92 Å². The summed E-state index contributed by atoms with van der Waals surface area (Å²) in [5.41, 5.74) is 2.18. The number of ketones is 1. The number of hydrogen-bond acceptors (Lipinski definition) is 2. The molecule has 0 amide bonds. The summed E-state index contributed by atoms with van der Waals surface area (Å²) in [6.45, 7) is 13.5. The van der Waals surface area contributed by atoms with E-state index in [0.717, 1.165) is 17.2 Å². The van der Waals surface area contributed by atoms with Crippen molar-refractivity contribution in [3.63, 3.8) is 0 Å². The Labute approximate surface area is 163 Å². The van der Waals surface area contributed by atoms with Crippen LogP contribution in [-0.4, -0.2) is 19.9 Å². The topological polar surface area (TPSA) is 80.0 Å². The fourth-order valence-corrected chi connectivity index (χ4v) is 1.69. The molecule has 2 rings (SSSR count). The van der Waals surface area contributed by atoms with Crippen LogP contribution in [0.25, 0.3) is 6.08 Å². The zero-order valence-corrected chi connectivity index (χ0v) is 15.6. The van der Waals surface area contributed by atoms with Crippen LogP contribution in [0.3, 0.4) is 0 Å². The van der Waals surface area contributed by atoms with Crippen LogP contribution < -0.4 is 4.90 Å². The van der Waals surface area contributed by atoms with Crippen LogP contribution in [0.4, 0.5) is 5.69 Å². The molecule has 0 aromatic heterocycles. The van der Waals surface area contributed by atoms with Gasteiger partial charge >= 0.3 is 54.0 Å². The number of anilines is 1. The summed E-state index contributed by atoms with van der Waals surface area (Å²) in [6, 6.07) is 8.08. The Hall–Kier alpha value is -1.70. The molecular formula is C19H16NO4Tc+7. The Morgan fingerprint density at radius 2 is 1.36 bits per heavy atom. The number of carbonyl (C=O) groups is 1. The van der Waals surface area contributed by atoms with Crippen molar-refractivity contribution in [3.8, 4) is 0 Å². The number of carbonyl (C=O) groups excluding carboxylic acids is 1. The monoisotopic (exact) mass is 421 g/mol. The molecule has 1 aromatic carbocycles. The fraction of sp³-hybridized carbons (Fsp3) is 0.105. The molecule has 0 bridgehead atoms. The van der Waals surface area contributed by atoms with Crippen molar-refractivity contribution in [3.05, 3.63) is 87.5 Å². The van der Waals surface area contributed by atoms with Crippen molar-refractivity contribution in [1.82, 2.24) is 0 Å². The van der Waals surface area contributed by atoms with Gasteiger partial charge in [-0.15, -0.1) is 0 Å². The summed E-state index contributed by atoms with van der Waals surface area (Å²) in [7, 11) is 4.01. The van der Waals surface area contributed by atoms with Crippen molar-refractivity contribution < 1.29 is 38.9 Å². The molecule has 0 saturated heterocycles. The van der Waals surface area contributed by atoms with Crippen molar-refractivity contribution in [2.24, 2.45) is 0 Å². The van der Waals surface area contributed by atoms with Crippen molar-refractivity contribution in [2.75, 3.05) is 19.0 Å². The van der Waals surface area contributed by atoms with Crippen LogP contribution in [0.2, 0.25) is 0 Å². The van der Waals surface area contributed by atoms with Gasteiger partial charge in [0.2, 0.25) is 0 Å². The molecule has 1 saturated carbocycles. The molecule has 5 radical (unpaired) electrons. The third-order valence-corrected chi connectivity index (χ3v) is 2.78. The third kappa shape index (κ3) is 11.5. The van der Waals surface area contributed by atoms with E-state index >= 15 is 0 Å². The SMILES string of the molecule is CN(C)c1ccc(/C=C/C(=O)[C]2[CH][CH][CH][CH]2)cc1.[99Tc+7].[C-]#[O+].[C-]#[O+].[C-]#[O+]. The van der Waals surface area contributed by atoms with E-state index in [1.807, 2.05) is 75.0 Å². The molecule has 25 heavy (non-hydrogen) atoms. The summed E-state index contributed by atoms with van der Waals surface area (Å²) < 4.78 is 22.5. The van der Waals surface area contributed by atoms with Crippen LogP contribution in [0.5, 0.6) is 0 Å². The van der Waals surface area contributed by atoms with Crippen LogP contribution in [0, 0.1) is 51.6 Å². The molecule has 0 atom stereocenters. The Kier molecular flexibility index (Phi) is 21.0. The first-order chi connectivity index (χ1) is 11.7. The third-order valence-electron chi connectivity index (χ3n) is 2.78. The number of allylic oxidation sites excluding steroid dienone is 1. The first kappa shape index (κ1) is 28.1. The molecule has 0 heterocycles. The molecule has 0 aliphatic heterocycles. The predicted molar refractivity (Wildman–Crippen MR) is 87.0 cm³/mol. The first-order valence-corrected chi connectivity index (χ1v) is 6.49. The summed E-state index contributed by atoms with van der Waals surface area (Å²) >= 11 is 0. The Morgan fingerprint density at radius 3 is 1.76 bits per heavy atom. The van der Waals surface area contributed by atoms with Crippen LogP contribution >= 0.6 is 0 Å². The number of benzene rings is 1. The van der Waals surface area contributed by atoms with E-state index in [0.29, 0.717) is 0 Å². The molecule has 0 spiro atoms. The van der Waals surface area contributed by atoms with Crippen LogP contribution in [-0.2, 0) is 38.9 Å². The molecule has 1 aliphatic carbocycles. The molecule has 5 nitrogen and oxygen atoms in total. The van der Waals surface area contributed by atoms with Gasteiger partial charge in [-0.25, -0.2) is 0 Å². The second kappa shape index (κ2) is 18.6. The average Bonchev–Trinajstić information content (AvgIpc) is 3.20. The maximum atomic E-state index is 11.8. The molecule has 1 fully saturated rings. The van der Waals surface area contributed by atoms with Crippen molar-refractivity contribution in [2.45, 2.75) is 0 Å². The van der Waals surface area contributed by atoms with Crippen LogP contribution in [0.15, 0.2) is 30.3 Å². The zero-order valence-electron chi connectivity index (χ0n) is 13.7. The van der Waals surface area contributed by atoms with Crippen molar-refractivity contribution >= 4 is 17.5 Å². The minimum absolute atomic E-state index is 0. The van der Waals surface area contributed by atoms with Gasteiger partial charge in [0.1, 0.15) is 0 Å². The van der Waals surface area contributed by atoms with Gasteiger partial charge in [-0.1, -0.05) is 18.2 Å². The standard InChI is InChI=1S/C16H16NO.3CO.Tc/c1-17(2)15-10-7-13(8-11-15)9-12-16(18)14-5-3-4-6-14;3*1-2;/h3-12H,1-2H3;;;;/q;;;;+7/b12-9+;;;;/i;;;;1+1. The van der Waals surface area contributed by atoms with E-state index in [2.05, 4.69) is 20.0 Å². The second-order valence-electron chi connectivity index (χ2n) is 4.36. The van der Waals surface area contributed by atoms with E-state index < -0.39 is 0 Å². The van der Waals surface area contributed by atoms with Gasteiger partial charge in [-0.3, -0.25) is 4.79 Å². The van der Waals surface area contributed by atoms with Crippen LogP contribution in [0.1, 0.15) is 5.56 Å². The van der Waals surface area contributed by atoms with Gasteiger partial charge in [0.25, 0.3) is 0 Å². The van der Waals surface area contributed by atoms with Gasteiger partial charge in [0.15, 0.2) is 5.78 Å². The average molecular weight is 421 g/mol. The molecule has 1 aliphatic rings. The maximum absolute atomic E-state index is 11.8. The normalized spacial score (nSPS) is 12.0. The van der Waals surface area contributed by atoms with Gasteiger partial charge in [-0.05, 0) is 49.5 Å². The van der Waals surface area contributed by atoms with E-state index in [-0.39, 0.29) is 25.9 Å². The predicted octanol–water partition coefficient (Wildman–Crippen LogP) is 2.63. The number of rotatable bonds is 4.